The molecule has 0 bridgehead atoms. The summed E-state index contributed by atoms with van der Waals surface area (Å²) in [5.41, 5.74) is 7.30. The second kappa shape index (κ2) is 7.83. The molecule has 2 aromatic carbocycles. The molecule has 6 nitrogen and oxygen atoms in total. The van der Waals surface area contributed by atoms with Crippen LogP contribution >= 0.6 is 0 Å². The topological polar surface area (TPSA) is 67.3 Å². The molecule has 2 aliphatic heterocycles. The fraction of sp³-hybridized carbons (Fsp3) is 0.480. The molecular formula is C25H29N2O4+. The average molecular weight is 422 g/mol. The van der Waals surface area contributed by atoms with E-state index in [0.29, 0.717) is 26.4 Å². The van der Waals surface area contributed by atoms with E-state index in [4.69, 9.17) is 31.3 Å². The smallest absolute Gasteiger partial charge is 0.468 e. The lowest BCUT2D eigenvalue weighted by molar-refractivity contribution is -0.157. The van der Waals surface area contributed by atoms with Gasteiger partial charge in [0, 0.05) is 5.41 Å². The van der Waals surface area contributed by atoms with Crippen molar-refractivity contribution in [1.82, 2.24) is 0 Å². The largest absolute Gasteiger partial charge is 0.468 e. The third-order valence-corrected chi connectivity index (χ3v) is 6.73. The van der Waals surface area contributed by atoms with Crippen LogP contribution in [0.2, 0.25) is 0 Å². The molecule has 1 aliphatic carbocycles. The molecule has 2 saturated heterocycles. The Hall–Kier alpha value is -2.59. The summed E-state index contributed by atoms with van der Waals surface area (Å²) in [7, 11) is 0. The van der Waals surface area contributed by atoms with Gasteiger partial charge in [0.25, 0.3) is 6.57 Å². The highest BCUT2D eigenvalue weighted by Gasteiger charge is 2.52. The Morgan fingerprint density at radius 2 is 1.26 bits per heavy atom. The highest BCUT2D eigenvalue weighted by molar-refractivity contribution is 5.44. The van der Waals surface area contributed by atoms with Crippen molar-refractivity contribution in [3.05, 3.63) is 64.5 Å². The standard InChI is InChI=1S/C25H29N2O4/c1-27-25(17-29-18-25)31-22-11-7-20(8-12-22)23(13-3-2-4-14-23)19-5-9-21(10-6-19)30-24(26)15-28-16-24/h1,5-12H,2-4,13-18,26H2/q+1. The molecule has 3 aliphatic rings. The van der Waals surface area contributed by atoms with Gasteiger partial charge in [-0.1, -0.05) is 43.5 Å². The first kappa shape index (κ1) is 20.3. The second-order valence-electron chi connectivity index (χ2n) is 9.02. The molecule has 0 spiro atoms. The van der Waals surface area contributed by atoms with Crippen LogP contribution in [0.4, 0.5) is 0 Å². The van der Waals surface area contributed by atoms with Crippen LogP contribution in [0.15, 0.2) is 48.5 Å². The molecule has 0 atom stereocenters. The summed E-state index contributed by atoms with van der Waals surface area (Å²) in [6, 6.07) is 16.8. The lowest BCUT2D eigenvalue weighted by Gasteiger charge is -2.39. The highest BCUT2D eigenvalue weighted by Crippen LogP contribution is 2.46. The van der Waals surface area contributed by atoms with E-state index in [1.165, 1.54) is 30.4 Å². The van der Waals surface area contributed by atoms with E-state index < -0.39 is 11.4 Å². The van der Waals surface area contributed by atoms with E-state index >= 15 is 0 Å². The van der Waals surface area contributed by atoms with E-state index in [9.17, 15) is 0 Å². The SMILES string of the molecule is C#[N+]C1(Oc2ccc(C3(c4ccc(OC5(N)COC5)cc4)CCCCC3)cc2)COC1. The highest BCUT2D eigenvalue weighted by atomic mass is 16.6. The van der Waals surface area contributed by atoms with Crippen LogP contribution in [-0.2, 0) is 14.9 Å². The molecule has 6 heteroatoms. The fourth-order valence-corrected chi connectivity index (χ4v) is 4.84. The van der Waals surface area contributed by atoms with Crippen LogP contribution in [0.1, 0.15) is 43.2 Å². The summed E-state index contributed by atoms with van der Waals surface area (Å²) in [6.45, 7) is 7.15. The molecular weight excluding hydrogens is 392 g/mol. The number of hydrogen-bond acceptors (Lipinski definition) is 5. The maximum atomic E-state index is 6.13. The van der Waals surface area contributed by atoms with Crippen LogP contribution in [0.3, 0.4) is 0 Å². The molecule has 2 heterocycles. The Morgan fingerprint density at radius 3 is 1.68 bits per heavy atom. The van der Waals surface area contributed by atoms with E-state index in [0.717, 1.165) is 24.3 Å². The Labute approximate surface area is 183 Å². The number of nitrogens with two attached hydrogens (primary N) is 1. The van der Waals surface area contributed by atoms with Gasteiger partial charge in [-0.25, -0.2) is 0 Å². The Kier molecular flexibility index (Phi) is 5.13. The molecule has 3 fully saturated rings. The van der Waals surface area contributed by atoms with Gasteiger partial charge < -0.3 is 18.9 Å². The lowest BCUT2D eigenvalue weighted by atomic mass is 9.65. The third-order valence-electron chi connectivity index (χ3n) is 6.73. The van der Waals surface area contributed by atoms with Crippen molar-refractivity contribution in [2.45, 2.75) is 49.0 Å². The summed E-state index contributed by atoms with van der Waals surface area (Å²) >= 11 is 0. The molecule has 0 amide bonds. The maximum absolute atomic E-state index is 6.13. The molecule has 1 saturated carbocycles. The molecule has 2 aromatic rings. The van der Waals surface area contributed by atoms with E-state index in [1.807, 2.05) is 24.3 Å². The van der Waals surface area contributed by atoms with Crippen molar-refractivity contribution in [3.8, 4) is 18.1 Å². The van der Waals surface area contributed by atoms with E-state index in [1.54, 1.807) is 0 Å². The molecule has 31 heavy (non-hydrogen) atoms. The lowest BCUT2D eigenvalue weighted by Crippen LogP contribution is -2.61. The van der Waals surface area contributed by atoms with E-state index in [2.05, 4.69) is 29.1 Å². The van der Waals surface area contributed by atoms with Gasteiger partial charge >= 0.3 is 5.72 Å². The van der Waals surface area contributed by atoms with Gasteiger partial charge in [-0.15, -0.1) is 0 Å². The van der Waals surface area contributed by atoms with Gasteiger partial charge in [0.1, 0.15) is 24.7 Å². The Bertz CT molecular complexity index is 951. The summed E-state index contributed by atoms with van der Waals surface area (Å²) in [5.74, 6) is 1.54. The first-order valence-electron chi connectivity index (χ1n) is 11.0. The van der Waals surface area contributed by atoms with Gasteiger partial charge in [-0.3, -0.25) is 5.73 Å². The zero-order valence-electron chi connectivity index (χ0n) is 17.7. The first-order valence-corrected chi connectivity index (χ1v) is 11.0. The van der Waals surface area contributed by atoms with Crippen molar-refractivity contribution in [1.29, 1.82) is 0 Å². The minimum Gasteiger partial charge on any atom is -0.468 e. The van der Waals surface area contributed by atoms with Gasteiger partial charge in [0.2, 0.25) is 5.72 Å². The minimum atomic E-state index is -0.744. The van der Waals surface area contributed by atoms with Crippen molar-refractivity contribution >= 4 is 0 Å². The number of ether oxygens (including phenoxy) is 4. The summed E-state index contributed by atoms with van der Waals surface area (Å²) in [4.78, 5) is 3.86. The maximum Gasteiger partial charge on any atom is 0.468 e. The third kappa shape index (κ3) is 3.78. The predicted molar refractivity (Wildman–Crippen MR) is 118 cm³/mol. The van der Waals surface area contributed by atoms with Gasteiger partial charge in [0.15, 0.2) is 13.2 Å². The number of hydrogen-bond donors (Lipinski definition) is 1. The van der Waals surface area contributed by atoms with Crippen molar-refractivity contribution in [2.24, 2.45) is 5.73 Å². The molecule has 2 N–H and O–H groups in total. The van der Waals surface area contributed by atoms with Crippen LogP contribution in [0.25, 0.3) is 4.85 Å². The Balaban J connectivity index is 1.39. The van der Waals surface area contributed by atoms with Crippen LogP contribution in [-0.4, -0.2) is 37.9 Å². The molecule has 162 valence electrons. The van der Waals surface area contributed by atoms with Crippen molar-refractivity contribution in [3.63, 3.8) is 0 Å². The number of nitrogens with zero attached hydrogens (tertiary/aromatic N) is 1. The minimum absolute atomic E-state index is 0.00912. The van der Waals surface area contributed by atoms with Crippen molar-refractivity contribution in [2.75, 3.05) is 26.4 Å². The average Bonchev–Trinajstić information content (AvgIpc) is 2.76. The van der Waals surface area contributed by atoms with Crippen LogP contribution in [0, 0.1) is 6.57 Å². The normalized spacial score (nSPS) is 23.0. The molecule has 5 rings (SSSR count). The van der Waals surface area contributed by atoms with Crippen LogP contribution < -0.4 is 15.2 Å². The number of rotatable bonds is 6. The summed E-state index contributed by atoms with van der Waals surface area (Å²) in [5, 5.41) is 0. The zero-order chi connectivity index (χ0) is 21.4. The Morgan fingerprint density at radius 1 is 0.742 bits per heavy atom. The predicted octanol–water partition coefficient (Wildman–Crippen LogP) is 4.07. The zero-order valence-corrected chi connectivity index (χ0v) is 17.7. The number of benzene rings is 2. The summed E-state index contributed by atoms with van der Waals surface area (Å²) in [6.07, 6.45) is 5.95. The van der Waals surface area contributed by atoms with Gasteiger partial charge in [-0.05, 0) is 53.1 Å². The van der Waals surface area contributed by atoms with Gasteiger partial charge in [0.05, 0.1) is 0 Å². The quantitative estimate of drug-likeness (QED) is 0.713. The second-order valence-corrected chi connectivity index (χ2v) is 9.02. The molecule has 0 radical (unpaired) electrons. The first-order chi connectivity index (χ1) is 15.0. The van der Waals surface area contributed by atoms with Crippen molar-refractivity contribution < 1.29 is 18.9 Å². The molecule has 0 aromatic heterocycles. The monoisotopic (exact) mass is 421 g/mol. The van der Waals surface area contributed by atoms with Gasteiger partial charge in [-0.2, -0.15) is 0 Å². The molecule has 0 unspecified atom stereocenters. The van der Waals surface area contributed by atoms with E-state index in [-0.39, 0.29) is 5.41 Å². The summed E-state index contributed by atoms with van der Waals surface area (Å²) < 4.78 is 22.3. The van der Waals surface area contributed by atoms with Crippen LogP contribution in [0.5, 0.6) is 11.5 Å². The fourth-order valence-electron chi connectivity index (χ4n) is 4.84.